The average molecular weight is 374 g/mol. The average Bonchev–Trinajstić information content (AvgIpc) is 3.23. The number of urea groups is 1. The Kier molecular flexibility index (Phi) is 5.79. The summed E-state index contributed by atoms with van der Waals surface area (Å²) >= 11 is 0. The molecule has 2 amide bonds. The summed E-state index contributed by atoms with van der Waals surface area (Å²) in [6.07, 6.45) is 7.90. The highest BCUT2D eigenvalue weighted by molar-refractivity contribution is 5.74. The summed E-state index contributed by atoms with van der Waals surface area (Å²) < 4.78 is 3.66. The lowest BCUT2D eigenvalue weighted by Crippen LogP contribution is -2.45. The third kappa shape index (κ3) is 4.29. The number of piperidine rings is 1. The van der Waals surface area contributed by atoms with Gasteiger partial charge in [-0.1, -0.05) is 0 Å². The molecule has 148 valence electrons. The van der Waals surface area contributed by atoms with Crippen LogP contribution in [0.5, 0.6) is 0 Å². The zero-order chi connectivity index (χ0) is 19.6. The van der Waals surface area contributed by atoms with Gasteiger partial charge in [-0.25, -0.2) is 4.79 Å². The van der Waals surface area contributed by atoms with E-state index in [1.165, 1.54) is 5.56 Å². The van der Waals surface area contributed by atoms with Crippen LogP contribution in [0, 0.1) is 5.92 Å². The minimum Gasteiger partial charge on any atom is -0.328 e. The molecular weight excluding hydrogens is 344 g/mol. The molecule has 9 nitrogen and oxygen atoms in total. The lowest BCUT2D eigenvalue weighted by Gasteiger charge is -2.40. The van der Waals surface area contributed by atoms with E-state index in [2.05, 4.69) is 38.8 Å². The second-order valence-corrected chi connectivity index (χ2v) is 7.63. The van der Waals surface area contributed by atoms with E-state index in [9.17, 15) is 4.79 Å². The molecule has 3 atom stereocenters. The van der Waals surface area contributed by atoms with E-state index in [1.54, 1.807) is 11.2 Å². The Labute approximate surface area is 160 Å². The van der Waals surface area contributed by atoms with E-state index in [0.717, 1.165) is 25.2 Å². The van der Waals surface area contributed by atoms with Crippen molar-refractivity contribution in [2.24, 2.45) is 20.0 Å². The fourth-order valence-electron chi connectivity index (χ4n) is 4.05. The van der Waals surface area contributed by atoms with Gasteiger partial charge in [-0.3, -0.25) is 9.58 Å². The highest BCUT2D eigenvalue weighted by atomic mass is 16.2. The van der Waals surface area contributed by atoms with Crippen molar-refractivity contribution in [2.75, 3.05) is 27.2 Å². The summed E-state index contributed by atoms with van der Waals surface area (Å²) in [5.41, 5.74) is 1.21. The van der Waals surface area contributed by atoms with Crippen molar-refractivity contribution >= 4 is 6.03 Å². The molecule has 27 heavy (non-hydrogen) atoms. The molecule has 9 heteroatoms. The van der Waals surface area contributed by atoms with Crippen LogP contribution in [0.25, 0.3) is 0 Å². The first-order valence-corrected chi connectivity index (χ1v) is 9.41. The van der Waals surface area contributed by atoms with Gasteiger partial charge < -0.3 is 14.8 Å². The minimum atomic E-state index is -0.199. The summed E-state index contributed by atoms with van der Waals surface area (Å²) in [4.78, 5) is 16.8. The molecule has 3 rings (SSSR count). The van der Waals surface area contributed by atoms with Crippen molar-refractivity contribution in [3.8, 4) is 0 Å². The lowest BCUT2D eigenvalue weighted by atomic mass is 9.86. The number of hydrogen-bond acceptors (Lipinski definition) is 5. The number of nitrogens with zero attached hydrogens (tertiary/aromatic N) is 7. The second-order valence-electron chi connectivity index (χ2n) is 7.63. The predicted octanol–water partition coefficient (Wildman–Crippen LogP) is 1.33. The molecule has 1 N–H and O–H groups in total. The Morgan fingerprint density at radius 1 is 1.41 bits per heavy atom. The van der Waals surface area contributed by atoms with Crippen LogP contribution in [-0.4, -0.2) is 67.6 Å². The number of nitrogens with one attached hydrogen (secondary N) is 1. The molecule has 0 bridgehead atoms. The fourth-order valence-corrected chi connectivity index (χ4v) is 4.05. The molecule has 3 heterocycles. The van der Waals surface area contributed by atoms with Crippen molar-refractivity contribution in [2.45, 2.75) is 31.8 Å². The van der Waals surface area contributed by atoms with Crippen molar-refractivity contribution in [1.82, 2.24) is 39.7 Å². The summed E-state index contributed by atoms with van der Waals surface area (Å²) in [6, 6.07) is -0.0156. The van der Waals surface area contributed by atoms with Crippen molar-refractivity contribution in [3.63, 3.8) is 0 Å². The van der Waals surface area contributed by atoms with Crippen LogP contribution in [0.2, 0.25) is 0 Å². The highest BCUT2D eigenvalue weighted by Crippen LogP contribution is 2.35. The fraction of sp³-hybridized carbons (Fsp3) is 0.667. The SMILES string of the molecule is CC(NC(=O)N(C)C[C@@H]1CCCN(C)[C@H]1c1cnn(C)c1)c1nncn1C. The van der Waals surface area contributed by atoms with Gasteiger partial charge in [0.15, 0.2) is 5.82 Å². The van der Waals surface area contributed by atoms with Gasteiger partial charge in [0.25, 0.3) is 0 Å². The molecule has 1 aliphatic rings. The third-order valence-electron chi connectivity index (χ3n) is 5.40. The molecule has 0 radical (unpaired) electrons. The predicted molar refractivity (Wildman–Crippen MR) is 102 cm³/mol. The minimum absolute atomic E-state index is 0.0938. The van der Waals surface area contributed by atoms with Gasteiger partial charge in [-0.15, -0.1) is 10.2 Å². The second kappa shape index (κ2) is 8.08. The number of likely N-dealkylation sites (tertiary alicyclic amines) is 1. The molecule has 1 unspecified atom stereocenters. The van der Waals surface area contributed by atoms with E-state index in [4.69, 9.17) is 0 Å². The molecule has 1 aliphatic heterocycles. The Hall–Kier alpha value is -2.42. The number of carbonyl (C=O) groups excluding carboxylic acids is 1. The number of amides is 2. The monoisotopic (exact) mass is 374 g/mol. The van der Waals surface area contributed by atoms with Gasteiger partial charge in [0, 0.05) is 45.5 Å². The zero-order valence-corrected chi connectivity index (χ0v) is 16.8. The van der Waals surface area contributed by atoms with E-state index in [1.807, 2.05) is 43.5 Å². The highest BCUT2D eigenvalue weighted by Gasteiger charge is 2.33. The standard InChI is InChI=1S/C18H30N8O/c1-13(17-22-19-12-25(17)4)21-18(27)24(3)10-14-7-6-8-23(2)16(14)15-9-20-26(5)11-15/h9,11-14,16H,6-8,10H2,1-5H3,(H,21,27)/t13?,14-,16+/m0/s1. The maximum Gasteiger partial charge on any atom is 0.317 e. The van der Waals surface area contributed by atoms with E-state index < -0.39 is 0 Å². The lowest BCUT2D eigenvalue weighted by molar-refractivity contribution is 0.0991. The third-order valence-corrected chi connectivity index (χ3v) is 5.40. The van der Waals surface area contributed by atoms with Gasteiger partial charge in [0.1, 0.15) is 6.33 Å². The van der Waals surface area contributed by atoms with Crippen molar-refractivity contribution in [1.29, 1.82) is 0 Å². The summed E-state index contributed by atoms with van der Waals surface area (Å²) in [5, 5.41) is 15.3. The molecular formula is C18H30N8O. The summed E-state index contributed by atoms with van der Waals surface area (Å²) in [5.74, 6) is 1.11. The van der Waals surface area contributed by atoms with Crippen LogP contribution in [0.1, 0.15) is 43.2 Å². The first-order valence-electron chi connectivity index (χ1n) is 9.41. The molecule has 2 aromatic heterocycles. The number of aromatic nitrogens is 5. The Morgan fingerprint density at radius 2 is 2.19 bits per heavy atom. The zero-order valence-electron chi connectivity index (χ0n) is 16.8. The van der Waals surface area contributed by atoms with Crippen LogP contribution >= 0.6 is 0 Å². The Balaban J connectivity index is 1.65. The van der Waals surface area contributed by atoms with Crippen LogP contribution < -0.4 is 5.32 Å². The summed E-state index contributed by atoms with van der Waals surface area (Å²) in [7, 11) is 7.82. The van der Waals surface area contributed by atoms with Gasteiger partial charge in [0.2, 0.25) is 0 Å². The van der Waals surface area contributed by atoms with Gasteiger partial charge in [-0.2, -0.15) is 5.10 Å². The van der Waals surface area contributed by atoms with Crippen LogP contribution in [0.15, 0.2) is 18.7 Å². The first-order chi connectivity index (χ1) is 12.9. The number of aryl methyl sites for hydroxylation is 2. The maximum atomic E-state index is 12.7. The molecule has 0 spiro atoms. The van der Waals surface area contributed by atoms with Crippen LogP contribution in [0.3, 0.4) is 0 Å². The van der Waals surface area contributed by atoms with Gasteiger partial charge >= 0.3 is 6.03 Å². The molecule has 2 aromatic rings. The van der Waals surface area contributed by atoms with Crippen LogP contribution in [-0.2, 0) is 14.1 Å². The number of hydrogen-bond donors (Lipinski definition) is 1. The number of carbonyl (C=O) groups is 1. The van der Waals surface area contributed by atoms with E-state index in [0.29, 0.717) is 12.5 Å². The Morgan fingerprint density at radius 3 is 2.81 bits per heavy atom. The van der Waals surface area contributed by atoms with Crippen molar-refractivity contribution in [3.05, 3.63) is 30.1 Å². The molecule has 1 saturated heterocycles. The van der Waals surface area contributed by atoms with Gasteiger partial charge in [-0.05, 0) is 39.3 Å². The Bertz CT molecular complexity index is 769. The smallest absolute Gasteiger partial charge is 0.317 e. The molecule has 0 aliphatic carbocycles. The molecule has 1 fully saturated rings. The topological polar surface area (TPSA) is 84.1 Å². The number of rotatable bonds is 5. The van der Waals surface area contributed by atoms with E-state index in [-0.39, 0.29) is 18.1 Å². The van der Waals surface area contributed by atoms with Gasteiger partial charge in [0.05, 0.1) is 12.2 Å². The van der Waals surface area contributed by atoms with Crippen LogP contribution in [0.4, 0.5) is 4.79 Å². The largest absolute Gasteiger partial charge is 0.328 e. The molecule has 0 aromatic carbocycles. The first kappa shape index (κ1) is 19.3. The summed E-state index contributed by atoms with van der Waals surface area (Å²) in [6.45, 7) is 3.68. The quantitative estimate of drug-likeness (QED) is 0.854. The van der Waals surface area contributed by atoms with Crippen molar-refractivity contribution < 1.29 is 4.79 Å². The maximum absolute atomic E-state index is 12.7. The normalized spacial score (nSPS) is 21.8. The van der Waals surface area contributed by atoms with E-state index >= 15 is 0 Å². The molecule has 0 saturated carbocycles.